The van der Waals surface area contributed by atoms with Crippen LogP contribution in [0.5, 0.6) is 0 Å². The first-order chi connectivity index (χ1) is 12.4. The molecule has 0 spiro atoms. The molecule has 4 aromatic rings. The van der Waals surface area contributed by atoms with Crippen molar-refractivity contribution in [1.29, 1.82) is 0 Å². The lowest BCUT2D eigenvalue weighted by molar-refractivity contribution is 1.24. The van der Waals surface area contributed by atoms with Gasteiger partial charge in [-0.1, -0.05) is 54.6 Å². The summed E-state index contributed by atoms with van der Waals surface area (Å²) in [5, 5.41) is 3.69. The summed E-state index contributed by atoms with van der Waals surface area (Å²) < 4.78 is 1.25. The summed E-state index contributed by atoms with van der Waals surface area (Å²) in [4.78, 5) is 4.93. The number of rotatable bonds is 6. The van der Waals surface area contributed by atoms with E-state index in [1.807, 2.05) is 17.8 Å². The molecule has 0 fully saturated rings. The molecule has 0 aliphatic heterocycles. The third-order valence-electron chi connectivity index (χ3n) is 4.25. The first-order valence-corrected chi connectivity index (χ1v) is 10.4. The number of hydrogen-bond donors (Lipinski definition) is 0. The molecule has 0 radical (unpaired) electrons. The summed E-state index contributed by atoms with van der Waals surface area (Å²) in [6.45, 7) is 3.81. The third kappa shape index (κ3) is 3.35. The Morgan fingerprint density at radius 3 is 2.72 bits per heavy atom. The number of para-hydroxylation sites is 1. The second-order valence-electron chi connectivity index (χ2n) is 5.94. The van der Waals surface area contributed by atoms with Crippen molar-refractivity contribution in [2.24, 2.45) is 0 Å². The molecule has 0 saturated carbocycles. The number of benzene rings is 3. The number of nitrogens with zero attached hydrogens (tertiary/aromatic N) is 1. The Labute approximate surface area is 156 Å². The van der Waals surface area contributed by atoms with Crippen LogP contribution in [0, 0.1) is 0 Å². The Hall–Kier alpha value is -2.10. The van der Waals surface area contributed by atoms with E-state index in [0.29, 0.717) is 0 Å². The lowest BCUT2D eigenvalue weighted by atomic mass is 10.00. The van der Waals surface area contributed by atoms with E-state index in [1.54, 1.807) is 11.3 Å². The summed E-state index contributed by atoms with van der Waals surface area (Å²) in [5.74, 6) is 2.11. The van der Waals surface area contributed by atoms with E-state index < -0.39 is 0 Å². The fourth-order valence-corrected chi connectivity index (χ4v) is 5.02. The van der Waals surface area contributed by atoms with E-state index >= 15 is 0 Å². The molecule has 0 bridgehead atoms. The maximum absolute atomic E-state index is 4.93. The van der Waals surface area contributed by atoms with Gasteiger partial charge < -0.3 is 0 Å². The fourth-order valence-electron chi connectivity index (χ4n) is 3.02. The molecule has 0 aliphatic carbocycles. The van der Waals surface area contributed by atoms with E-state index in [0.717, 1.165) is 28.5 Å². The van der Waals surface area contributed by atoms with Crippen LogP contribution in [0.2, 0.25) is 0 Å². The number of aromatic nitrogens is 1. The summed E-state index contributed by atoms with van der Waals surface area (Å²) in [5.41, 5.74) is 3.75. The molecule has 3 heteroatoms. The fraction of sp³-hybridized carbons (Fsp3) is 0.136. The molecule has 0 saturated heterocycles. The molecule has 4 rings (SSSR count). The highest BCUT2D eigenvalue weighted by Gasteiger charge is 2.14. The number of hydrogen-bond acceptors (Lipinski definition) is 3. The Balaban J connectivity index is 1.84. The van der Waals surface area contributed by atoms with Crippen molar-refractivity contribution in [2.75, 3.05) is 5.75 Å². The smallest absolute Gasteiger partial charge is 0.125 e. The number of thioether (sulfide) groups is 1. The molecule has 0 atom stereocenters. The van der Waals surface area contributed by atoms with Crippen LogP contribution in [0.4, 0.5) is 0 Å². The van der Waals surface area contributed by atoms with Gasteiger partial charge in [-0.25, -0.2) is 4.98 Å². The standard InChI is InChI=1S/C22H19NS2/c1-2-3-14-24-15-17-13-12-16-8-4-5-9-18(16)21(17)22-23-19-10-6-7-11-20(19)25-22/h2,4-13H,1,3,14-15H2. The van der Waals surface area contributed by atoms with E-state index in [-0.39, 0.29) is 0 Å². The van der Waals surface area contributed by atoms with Gasteiger partial charge in [0, 0.05) is 11.3 Å². The Bertz CT molecular complexity index is 1000. The molecule has 0 amide bonds. The molecular formula is C22H19NS2. The number of allylic oxidation sites excluding steroid dienone is 1. The minimum atomic E-state index is 1.00. The van der Waals surface area contributed by atoms with Crippen molar-refractivity contribution in [1.82, 2.24) is 4.98 Å². The summed E-state index contributed by atoms with van der Waals surface area (Å²) in [6, 6.07) is 21.5. The summed E-state index contributed by atoms with van der Waals surface area (Å²) in [6.07, 6.45) is 3.04. The SMILES string of the molecule is C=CCCSCc1ccc2ccccc2c1-c1nc2ccccc2s1. The molecule has 25 heavy (non-hydrogen) atoms. The van der Waals surface area contributed by atoms with Gasteiger partial charge >= 0.3 is 0 Å². The van der Waals surface area contributed by atoms with Gasteiger partial charge in [0.05, 0.1) is 10.2 Å². The first kappa shape index (κ1) is 16.4. The van der Waals surface area contributed by atoms with Crippen LogP contribution < -0.4 is 0 Å². The maximum Gasteiger partial charge on any atom is 0.125 e. The van der Waals surface area contributed by atoms with Crippen LogP contribution in [0.3, 0.4) is 0 Å². The molecule has 0 unspecified atom stereocenters. The van der Waals surface area contributed by atoms with Gasteiger partial charge in [0.1, 0.15) is 5.01 Å². The minimum absolute atomic E-state index is 1.00. The summed E-state index contributed by atoms with van der Waals surface area (Å²) in [7, 11) is 0. The predicted octanol–water partition coefficient (Wildman–Crippen LogP) is 6.93. The highest BCUT2D eigenvalue weighted by Crippen LogP contribution is 2.38. The van der Waals surface area contributed by atoms with Crippen LogP contribution >= 0.6 is 23.1 Å². The zero-order chi connectivity index (χ0) is 17.1. The van der Waals surface area contributed by atoms with Crippen molar-refractivity contribution < 1.29 is 0 Å². The van der Waals surface area contributed by atoms with Crippen LogP contribution in [0.1, 0.15) is 12.0 Å². The second-order valence-corrected chi connectivity index (χ2v) is 8.07. The molecule has 0 aliphatic rings. The van der Waals surface area contributed by atoms with Gasteiger partial charge in [-0.05, 0) is 40.6 Å². The third-order valence-corrected chi connectivity index (χ3v) is 6.34. The monoisotopic (exact) mass is 361 g/mol. The average Bonchev–Trinajstić information content (AvgIpc) is 3.08. The normalized spacial score (nSPS) is 11.2. The molecule has 1 heterocycles. The van der Waals surface area contributed by atoms with Crippen molar-refractivity contribution >= 4 is 44.1 Å². The number of thiazole rings is 1. The lowest BCUT2D eigenvalue weighted by Gasteiger charge is -2.11. The highest BCUT2D eigenvalue weighted by molar-refractivity contribution is 7.98. The van der Waals surface area contributed by atoms with Gasteiger partial charge in [-0.15, -0.1) is 17.9 Å². The minimum Gasteiger partial charge on any atom is -0.236 e. The zero-order valence-corrected chi connectivity index (χ0v) is 15.6. The average molecular weight is 362 g/mol. The van der Waals surface area contributed by atoms with E-state index in [4.69, 9.17) is 4.98 Å². The second kappa shape index (κ2) is 7.42. The van der Waals surface area contributed by atoms with Crippen LogP contribution in [0.25, 0.3) is 31.6 Å². The van der Waals surface area contributed by atoms with Crippen molar-refractivity contribution in [2.45, 2.75) is 12.2 Å². The van der Waals surface area contributed by atoms with Crippen molar-refractivity contribution in [3.8, 4) is 10.6 Å². The molecule has 0 N–H and O–H groups in total. The van der Waals surface area contributed by atoms with Crippen molar-refractivity contribution in [3.63, 3.8) is 0 Å². The Morgan fingerprint density at radius 2 is 1.84 bits per heavy atom. The largest absolute Gasteiger partial charge is 0.236 e. The molecular weight excluding hydrogens is 342 g/mol. The number of fused-ring (bicyclic) bond motifs is 2. The van der Waals surface area contributed by atoms with Gasteiger partial charge in [0.2, 0.25) is 0 Å². The van der Waals surface area contributed by atoms with Crippen LogP contribution in [0.15, 0.2) is 73.3 Å². The van der Waals surface area contributed by atoms with Gasteiger partial charge in [0.15, 0.2) is 0 Å². The van der Waals surface area contributed by atoms with Crippen LogP contribution in [-0.2, 0) is 5.75 Å². The maximum atomic E-state index is 4.93. The molecule has 124 valence electrons. The van der Waals surface area contributed by atoms with E-state index in [1.165, 1.54) is 26.6 Å². The van der Waals surface area contributed by atoms with E-state index in [2.05, 4.69) is 67.2 Å². The van der Waals surface area contributed by atoms with Gasteiger partial charge in [-0.3, -0.25) is 0 Å². The summed E-state index contributed by atoms with van der Waals surface area (Å²) >= 11 is 3.75. The molecule has 1 aromatic heterocycles. The predicted molar refractivity (Wildman–Crippen MR) is 114 cm³/mol. The quantitative estimate of drug-likeness (QED) is 0.273. The first-order valence-electron chi connectivity index (χ1n) is 8.42. The van der Waals surface area contributed by atoms with E-state index in [9.17, 15) is 0 Å². The van der Waals surface area contributed by atoms with Crippen LogP contribution in [-0.4, -0.2) is 10.7 Å². The molecule has 1 nitrogen and oxygen atoms in total. The Kier molecular flexibility index (Phi) is 4.86. The van der Waals surface area contributed by atoms with Gasteiger partial charge in [0.25, 0.3) is 0 Å². The zero-order valence-electron chi connectivity index (χ0n) is 13.9. The van der Waals surface area contributed by atoms with Gasteiger partial charge in [-0.2, -0.15) is 11.8 Å². The topological polar surface area (TPSA) is 12.9 Å². The van der Waals surface area contributed by atoms with Crippen molar-refractivity contribution in [3.05, 3.63) is 78.9 Å². The molecule has 3 aromatic carbocycles. The Morgan fingerprint density at radius 1 is 1.00 bits per heavy atom. The lowest BCUT2D eigenvalue weighted by Crippen LogP contribution is -1.91. The highest BCUT2D eigenvalue weighted by atomic mass is 32.2.